The van der Waals surface area contributed by atoms with Gasteiger partial charge in [0.1, 0.15) is 0 Å². The van der Waals surface area contributed by atoms with E-state index in [4.69, 9.17) is 9.47 Å². The molecule has 0 aliphatic carbocycles. The summed E-state index contributed by atoms with van der Waals surface area (Å²) < 4.78 is 12.7. The molecule has 6 nitrogen and oxygen atoms in total. The lowest BCUT2D eigenvalue weighted by Gasteiger charge is -2.27. The molecule has 6 heteroatoms. The number of esters is 1. The third-order valence-corrected chi connectivity index (χ3v) is 3.83. The van der Waals surface area contributed by atoms with E-state index in [1.165, 1.54) is 7.11 Å². The largest absolute Gasteiger partial charge is 0.464 e. The molecule has 20 heavy (non-hydrogen) atoms. The highest BCUT2D eigenvalue weighted by molar-refractivity contribution is 5.88. The molecule has 1 aromatic rings. The van der Waals surface area contributed by atoms with E-state index in [9.17, 15) is 4.79 Å². The molecule has 1 saturated heterocycles. The summed E-state index contributed by atoms with van der Waals surface area (Å²) in [4.78, 5) is 11.7. The lowest BCUT2D eigenvalue weighted by atomic mass is 9.94. The van der Waals surface area contributed by atoms with Gasteiger partial charge >= 0.3 is 5.97 Å². The fourth-order valence-corrected chi connectivity index (χ4v) is 3.06. The molecule has 1 atom stereocenters. The molecule has 1 unspecified atom stereocenters. The summed E-state index contributed by atoms with van der Waals surface area (Å²) in [7, 11) is 1.35. The number of hydrogen-bond acceptors (Lipinski definition) is 5. The highest BCUT2D eigenvalue weighted by atomic mass is 16.5. The van der Waals surface area contributed by atoms with Crippen LogP contribution in [0.25, 0.3) is 0 Å². The molecule has 0 N–H and O–H groups in total. The molecule has 0 saturated carbocycles. The van der Waals surface area contributed by atoms with Crippen LogP contribution in [-0.4, -0.2) is 39.3 Å². The van der Waals surface area contributed by atoms with E-state index in [0.29, 0.717) is 12.1 Å². The smallest absolute Gasteiger partial charge is 0.360 e. The van der Waals surface area contributed by atoms with Gasteiger partial charge in [0.2, 0.25) is 0 Å². The highest BCUT2D eigenvalue weighted by Crippen LogP contribution is 2.45. The van der Waals surface area contributed by atoms with Crippen molar-refractivity contribution in [3.05, 3.63) is 11.4 Å². The number of nitrogens with zero attached hydrogens (tertiary/aromatic N) is 3. The molecule has 112 valence electrons. The van der Waals surface area contributed by atoms with Crippen molar-refractivity contribution >= 4 is 5.97 Å². The Hall–Kier alpha value is -1.43. The maximum atomic E-state index is 11.7. The maximum Gasteiger partial charge on any atom is 0.360 e. The van der Waals surface area contributed by atoms with E-state index in [1.54, 1.807) is 0 Å². The summed E-state index contributed by atoms with van der Waals surface area (Å²) in [6.45, 7) is 10.2. The van der Waals surface area contributed by atoms with E-state index in [0.717, 1.165) is 12.1 Å². The van der Waals surface area contributed by atoms with Crippen LogP contribution in [0.3, 0.4) is 0 Å². The fourth-order valence-electron chi connectivity index (χ4n) is 3.06. The molecule has 1 aromatic heterocycles. The SMILES string of the molecule is CCc1c(C(=O)OC)nnn1C1CC(C)(C)OC1(C)C. The lowest BCUT2D eigenvalue weighted by Crippen LogP contribution is -2.32. The minimum atomic E-state index is -0.441. The van der Waals surface area contributed by atoms with Gasteiger partial charge in [-0.15, -0.1) is 5.10 Å². The number of carbonyl (C=O) groups is 1. The molecule has 0 radical (unpaired) electrons. The van der Waals surface area contributed by atoms with Crippen LogP contribution in [0.4, 0.5) is 0 Å². The van der Waals surface area contributed by atoms with Crippen molar-refractivity contribution in [2.45, 2.75) is 64.7 Å². The van der Waals surface area contributed by atoms with Crippen LogP contribution in [-0.2, 0) is 15.9 Å². The van der Waals surface area contributed by atoms with Crippen LogP contribution in [0, 0.1) is 0 Å². The first-order valence-corrected chi connectivity index (χ1v) is 6.94. The van der Waals surface area contributed by atoms with Crippen LogP contribution >= 0.6 is 0 Å². The van der Waals surface area contributed by atoms with Gasteiger partial charge in [-0.1, -0.05) is 12.1 Å². The van der Waals surface area contributed by atoms with E-state index in [-0.39, 0.29) is 17.2 Å². The standard InChI is InChI=1S/C14H23N3O3/c1-7-9-11(12(18)19-6)15-16-17(9)10-8-13(2,3)20-14(10,4)5/h10H,7-8H2,1-6H3. The van der Waals surface area contributed by atoms with E-state index in [1.807, 2.05) is 25.5 Å². The predicted octanol–water partition coefficient (Wildman–Crippen LogP) is 2.15. The summed E-state index contributed by atoms with van der Waals surface area (Å²) in [5.41, 5.74) is 0.539. The first-order chi connectivity index (χ1) is 9.22. The Bertz CT molecular complexity index is 520. The number of rotatable bonds is 3. The molecule has 2 heterocycles. The second-order valence-corrected chi connectivity index (χ2v) is 6.36. The van der Waals surface area contributed by atoms with E-state index < -0.39 is 5.97 Å². The van der Waals surface area contributed by atoms with Gasteiger partial charge in [-0.25, -0.2) is 9.48 Å². The molecule has 2 rings (SSSR count). The van der Waals surface area contributed by atoms with Crippen LogP contribution < -0.4 is 0 Å². The van der Waals surface area contributed by atoms with Crippen molar-refractivity contribution in [1.82, 2.24) is 15.0 Å². The third kappa shape index (κ3) is 2.44. The molecular weight excluding hydrogens is 258 g/mol. The maximum absolute atomic E-state index is 11.7. The average Bonchev–Trinajstić information content (AvgIpc) is 2.85. The van der Waals surface area contributed by atoms with Crippen LogP contribution in [0.2, 0.25) is 0 Å². The van der Waals surface area contributed by atoms with Crippen molar-refractivity contribution in [1.29, 1.82) is 0 Å². The zero-order valence-electron chi connectivity index (χ0n) is 13.1. The second kappa shape index (κ2) is 4.84. The second-order valence-electron chi connectivity index (χ2n) is 6.36. The van der Waals surface area contributed by atoms with Gasteiger partial charge in [0.05, 0.1) is 30.0 Å². The quantitative estimate of drug-likeness (QED) is 0.794. The molecule has 1 aliphatic heterocycles. The Kier molecular flexibility index (Phi) is 3.62. The van der Waals surface area contributed by atoms with Crippen LogP contribution in [0.5, 0.6) is 0 Å². The molecule has 1 fully saturated rings. The van der Waals surface area contributed by atoms with Crippen molar-refractivity contribution in [2.24, 2.45) is 0 Å². The van der Waals surface area contributed by atoms with Gasteiger partial charge < -0.3 is 9.47 Å². The Labute approximate surface area is 119 Å². The van der Waals surface area contributed by atoms with Crippen molar-refractivity contribution in [3.63, 3.8) is 0 Å². The lowest BCUT2D eigenvalue weighted by molar-refractivity contribution is -0.0740. The zero-order valence-corrected chi connectivity index (χ0v) is 13.1. The molecule has 0 amide bonds. The molecule has 0 aromatic carbocycles. The van der Waals surface area contributed by atoms with Crippen molar-refractivity contribution in [2.75, 3.05) is 7.11 Å². The van der Waals surface area contributed by atoms with Crippen molar-refractivity contribution in [3.8, 4) is 0 Å². The number of aromatic nitrogens is 3. The van der Waals surface area contributed by atoms with E-state index in [2.05, 4.69) is 24.2 Å². The van der Waals surface area contributed by atoms with Gasteiger partial charge in [0, 0.05) is 6.42 Å². The number of ether oxygens (including phenoxy) is 2. The Morgan fingerprint density at radius 1 is 1.45 bits per heavy atom. The van der Waals surface area contributed by atoms with Crippen molar-refractivity contribution < 1.29 is 14.3 Å². The molecule has 1 aliphatic rings. The van der Waals surface area contributed by atoms with E-state index >= 15 is 0 Å². The Balaban J connectivity index is 2.44. The molecule has 0 spiro atoms. The summed E-state index contributed by atoms with van der Waals surface area (Å²) in [5.74, 6) is -0.441. The highest BCUT2D eigenvalue weighted by Gasteiger charge is 2.48. The monoisotopic (exact) mass is 281 g/mol. The van der Waals surface area contributed by atoms with Crippen LogP contribution in [0.15, 0.2) is 0 Å². The Morgan fingerprint density at radius 2 is 2.10 bits per heavy atom. The van der Waals surface area contributed by atoms with Gasteiger partial charge in [0.15, 0.2) is 5.69 Å². The van der Waals surface area contributed by atoms with Crippen LogP contribution in [0.1, 0.15) is 63.3 Å². The van der Waals surface area contributed by atoms with Gasteiger partial charge in [-0.2, -0.15) is 0 Å². The number of hydrogen-bond donors (Lipinski definition) is 0. The topological polar surface area (TPSA) is 66.2 Å². The zero-order chi connectivity index (χ0) is 15.1. The predicted molar refractivity (Wildman–Crippen MR) is 73.6 cm³/mol. The Morgan fingerprint density at radius 3 is 2.55 bits per heavy atom. The minimum Gasteiger partial charge on any atom is -0.464 e. The third-order valence-electron chi connectivity index (χ3n) is 3.83. The summed E-state index contributed by atoms with van der Waals surface area (Å²) in [6.07, 6.45) is 1.50. The van der Waals surface area contributed by atoms with Gasteiger partial charge in [0.25, 0.3) is 0 Å². The first kappa shape index (κ1) is 15.0. The average molecular weight is 281 g/mol. The fraction of sp³-hybridized carbons (Fsp3) is 0.786. The normalized spacial score (nSPS) is 23.8. The summed E-state index contributed by atoms with van der Waals surface area (Å²) in [5, 5.41) is 8.18. The summed E-state index contributed by atoms with van der Waals surface area (Å²) in [6, 6.07) is 0.0540. The minimum absolute atomic E-state index is 0.0540. The molecule has 0 bridgehead atoms. The summed E-state index contributed by atoms with van der Waals surface area (Å²) >= 11 is 0. The van der Waals surface area contributed by atoms with Gasteiger partial charge in [-0.3, -0.25) is 0 Å². The number of methoxy groups -OCH3 is 1. The number of carbonyl (C=O) groups excluding carboxylic acids is 1. The first-order valence-electron chi connectivity index (χ1n) is 6.94. The van der Waals surface area contributed by atoms with Gasteiger partial charge in [-0.05, 0) is 34.1 Å². The molecular formula is C14H23N3O3.